The molecule has 1 aliphatic rings. The molecule has 0 bridgehead atoms. The van der Waals surface area contributed by atoms with Gasteiger partial charge in [-0.25, -0.2) is 0 Å². The van der Waals surface area contributed by atoms with E-state index in [9.17, 15) is 9.59 Å². The molecule has 0 fully saturated rings. The Morgan fingerprint density at radius 2 is 1.71 bits per heavy atom. The van der Waals surface area contributed by atoms with Crippen molar-refractivity contribution in [2.24, 2.45) is 0 Å². The van der Waals surface area contributed by atoms with Crippen LogP contribution < -0.4 is 10.2 Å². The van der Waals surface area contributed by atoms with Gasteiger partial charge in [0.2, 0.25) is 5.91 Å². The minimum absolute atomic E-state index is 0.0680. The Kier molecular flexibility index (Phi) is 6.42. The molecule has 3 aromatic rings. The summed E-state index contributed by atoms with van der Waals surface area (Å²) in [7, 11) is 0. The first-order valence-corrected chi connectivity index (χ1v) is 11.5. The summed E-state index contributed by atoms with van der Waals surface area (Å²) in [6.45, 7) is 4.75. The van der Waals surface area contributed by atoms with Crippen LogP contribution in [0.1, 0.15) is 40.0 Å². The van der Waals surface area contributed by atoms with E-state index in [1.807, 2.05) is 85.5 Å². The molecule has 1 N–H and O–H groups in total. The lowest BCUT2D eigenvalue weighted by Crippen LogP contribution is -2.30. The molecule has 0 spiro atoms. The van der Waals surface area contributed by atoms with Crippen molar-refractivity contribution >= 4 is 29.3 Å². The Morgan fingerprint density at radius 1 is 1.00 bits per heavy atom. The van der Waals surface area contributed by atoms with E-state index in [4.69, 9.17) is 0 Å². The first kappa shape index (κ1) is 21.2. The predicted molar refractivity (Wildman–Crippen MR) is 127 cm³/mol. The van der Waals surface area contributed by atoms with Gasteiger partial charge in [-0.3, -0.25) is 9.59 Å². The van der Waals surface area contributed by atoms with Gasteiger partial charge in [0.25, 0.3) is 5.91 Å². The lowest BCUT2D eigenvalue weighted by atomic mass is 10.0. The van der Waals surface area contributed by atoms with E-state index in [0.29, 0.717) is 11.3 Å². The zero-order valence-electron chi connectivity index (χ0n) is 17.8. The van der Waals surface area contributed by atoms with Crippen molar-refractivity contribution in [3.63, 3.8) is 0 Å². The number of para-hydroxylation sites is 1. The molecular formula is C26H26N2O2S. The van der Waals surface area contributed by atoms with Gasteiger partial charge < -0.3 is 10.2 Å². The van der Waals surface area contributed by atoms with Gasteiger partial charge >= 0.3 is 0 Å². The molecule has 31 heavy (non-hydrogen) atoms. The molecule has 2 amide bonds. The Hall–Kier alpha value is -3.05. The van der Waals surface area contributed by atoms with Gasteiger partial charge in [-0.15, -0.1) is 11.8 Å². The van der Waals surface area contributed by atoms with Crippen molar-refractivity contribution in [3.8, 4) is 0 Å². The number of nitrogens with zero attached hydrogens (tertiary/aromatic N) is 1. The average molecular weight is 431 g/mol. The molecule has 0 aliphatic carbocycles. The first-order chi connectivity index (χ1) is 15.0. The highest BCUT2D eigenvalue weighted by Crippen LogP contribution is 2.30. The number of fused-ring (bicyclic) bond motifs is 1. The van der Waals surface area contributed by atoms with Crippen LogP contribution in [0.4, 0.5) is 5.69 Å². The van der Waals surface area contributed by atoms with Crippen molar-refractivity contribution in [2.45, 2.75) is 31.2 Å². The van der Waals surface area contributed by atoms with Crippen LogP contribution in [0, 0.1) is 6.92 Å². The smallest absolute Gasteiger partial charge is 0.252 e. The third-order valence-electron chi connectivity index (χ3n) is 5.67. The molecule has 0 radical (unpaired) electrons. The van der Waals surface area contributed by atoms with Gasteiger partial charge in [-0.2, -0.15) is 0 Å². The van der Waals surface area contributed by atoms with Crippen LogP contribution in [0.3, 0.4) is 0 Å². The predicted octanol–water partition coefficient (Wildman–Crippen LogP) is 5.17. The van der Waals surface area contributed by atoms with E-state index >= 15 is 0 Å². The fourth-order valence-corrected chi connectivity index (χ4v) is 4.95. The van der Waals surface area contributed by atoms with Crippen LogP contribution in [0.25, 0.3) is 0 Å². The second-order valence-electron chi connectivity index (χ2n) is 7.76. The quantitative estimate of drug-likeness (QED) is 0.549. The second-order valence-corrected chi connectivity index (χ2v) is 8.78. The average Bonchev–Trinajstić information content (AvgIpc) is 3.22. The maximum absolute atomic E-state index is 13.0. The number of carbonyl (C=O) groups excluding carboxylic acids is 2. The number of carbonyl (C=O) groups is 2. The minimum Gasteiger partial charge on any atom is -0.345 e. The molecule has 3 aromatic carbocycles. The SMILES string of the molecule is Cc1ccccc1C(C)NC(=O)c1ccccc1SCC(=O)N1CCc2ccccc21. The zero-order valence-corrected chi connectivity index (χ0v) is 18.6. The maximum atomic E-state index is 13.0. The standard InChI is InChI=1S/C26H26N2O2S/c1-18-9-3-5-11-21(18)19(2)27-26(30)22-12-6-8-14-24(22)31-17-25(29)28-16-15-20-10-4-7-13-23(20)28/h3-14,19H,15-17H2,1-2H3,(H,27,30). The number of amides is 2. The molecule has 0 saturated heterocycles. The zero-order chi connectivity index (χ0) is 21.8. The fraction of sp³-hybridized carbons (Fsp3) is 0.231. The number of anilines is 1. The number of aryl methyl sites for hydroxylation is 1. The summed E-state index contributed by atoms with van der Waals surface area (Å²) in [6.07, 6.45) is 0.891. The van der Waals surface area contributed by atoms with E-state index in [0.717, 1.165) is 34.7 Å². The third kappa shape index (κ3) is 4.67. The number of hydrogen-bond donors (Lipinski definition) is 1. The Bertz CT molecular complexity index is 1110. The minimum atomic E-state index is -0.127. The maximum Gasteiger partial charge on any atom is 0.252 e. The van der Waals surface area contributed by atoms with Crippen LogP contribution in [0.2, 0.25) is 0 Å². The lowest BCUT2D eigenvalue weighted by Gasteiger charge is -2.19. The Morgan fingerprint density at radius 3 is 2.55 bits per heavy atom. The molecule has 5 heteroatoms. The summed E-state index contributed by atoms with van der Waals surface area (Å²) in [5.41, 5.74) is 5.07. The summed E-state index contributed by atoms with van der Waals surface area (Å²) in [6, 6.07) is 23.5. The van der Waals surface area contributed by atoms with E-state index in [2.05, 4.69) is 11.4 Å². The number of benzene rings is 3. The number of rotatable bonds is 6. The van der Waals surface area contributed by atoms with E-state index in [1.165, 1.54) is 17.3 Å². The van der Waals surface area contributed by atoms with Crippen LogP contribution in [-0.4, -0.2) is 24.1 Å². The number of nitrogens with one attached hydrogen (secondary N) is 1. The van der Waals surface area contributed by atoms with Crippen molar-refractivity contribution in [1.82, 2.24) is 5.32 Å². The summed E-state index contributed by atoms with van der Waals surface area (Å²) in [5.74, 6) is 0.239. The van der Waals surface area contributed by atoms with Crippen LogP contribution in [-0.2, 0) is 11.2 Å². The van der Waals surface area contributed by atoms with Gasteiger partial charge in [0, 0.05) is 17.1 Å². The fourth-order valence-electron chi connectivity index (χ4n) is 4.02. The van der Waals surface area contributed by atoms with Crippen molar-refractivity contribution < 1.29 is 9.59 Å². The van der Waals surface area contributed by atoms with E-state index in [1.54, 1.807) is 0 Å². The Balaban J connectivity index is 1.43. The van der Waals surface area contributed by atoms with Crippen LogP contribution in [0.15, 0.2) is 77.7 Å². The van der Waals surface area contributed by atoms with E-state index in [-0.39, 0.29) is 17.9 Å². The number of thioether (sulfide) groups is 1. The topological polar surface area (TPSA) is 49.4 Å². The van der Waals surface area contributed by atoms with Crippen LogP contribution >= 0.6 is 11.8 Å². The third-order valence-corrected chi connectivity index (χ3v) is 6.73. The molecule has 1 unspecified atom stereocenters. The highest BCUT2D eigenvalue weighted by Gasteiger charge is 2.24. The molecule has 1 atom stereocenters. The van der Waals surface area contributed by atoms with Crippen molar-refractivity contribution in [1.29, 1.82) is 0 Å². The second kappa shape index (κ2) is 9.40. The molecule has 4 rings (SSSR count). The molecule has 158 valence electrons. The van der Waals surface area contributed by atoms with Gasteiger partial charge in [-0.1, -0.05) is 54.6 Å². The highest BCUT2D eigenvalue weighted by atomic mass is 32.2. The van der Waals surface area contributed by atoms with Crippen molar-refractivity contribution in [2.75, 3.05) is 17.2 Å². The largest absolute Gasteiger partial charge is 0.345 e. The van der Waals surface area contributed by atoms with Crippen LogP contribution in [0.5, 0.6) is 0 Å². The monoisotopic (exact) mass is 430 g/mol. The van der Waals surface area contributed by atoms with Gasteiger partial charge in [-0.05, 0) is 55.2 Å². The molecule has 0 saturated carbocycles. The first-order valence-electron chi connectivity index (χ1n) is 10.5. The van der Waals surface area contributed by atoms with Gasteiger partial charge in [0.05, 0.1) is 17.4 Å². The highest BCUT2D eigenvalue weighted by molar-refractivity contribution is 8.00. The summed E-state index contributed by atoms with van der Waals surface area (Å²) in [4.78, 5) is 28.5. The summed E-state index contributed by atoms with van der Waals surface area (Å²) < 4.78 is 0. The Labute approximate surface area is 187 Å². The van der Waals surface area contributed by atoms with Crippen molar-refractivity contribution in [3.05, 3.63) is 95.1 Å². The van der Waals surface area contributed by atoms with Gasteiger partial charge in [0.1, 0.15) is 0 Å². The normalized spacial score (nSPS) is 13.5. The molecule has 4 nitrogen and oxygen atoms in total. The van der Waals surface area contributed by atoms with E-state index < -0.39 is 0 Å². The van der Waals surface area contributed by atoms with Gasteiger partial charge in [0.15, 0.2) is 0 Å². The molecular weight excluding hydrogens is 404 g/mol. The lowest BCUT2D eigenvalue weighted by molar-refractivity contribution is -0.116. The number of hydrogen-bond acceptors (Lipinski definition) is 3. The molecule has 0 aromatic heterocycles. The summed E-state index contributed by atoms with van der Waals surface area (Å²) >= 11 is 1.42. The molecule has 1 aliphatic heterocycles. The summed E-state index contributed by atoms with van der Waals surface area (Å²) in [5, 5.41) is 3.10. The molecule has 1 heterocycles.